The summed E-state index contributed by atoms with van der Waals surface area (Å²) in [6.07, 6.45) is 42.8. The van der Waals surface area contributed by atoms with Gasteiger partial charge in [-0.3, -0.25) is 9.59 Å². The second-order valence-electron chi connectivity index (χ2n) is 13.3. The molecule has 6 nitrogen and oxygen atoms in total. The van der Waals surface area contributed by atoms with Crippen molar-refractivity contribution >= 4 is 11.9 Å². The third-order valence-electron chi connectivity index (χ3n) is 8.64. The first-order valence-electron chi connectivity index (χ1n) is 20.5. The van der Waals surface area contributed by atoms with Crippen LogP contribution in [0.25, 0.3) is 0 Å². The van der Waals surface area contributed by atoms with Gasteiger partial charge in [0.1, 0.15) is 13.2 Å². The van der Waals surface area contributed by atoms with Gasteiger partial charge in [0.05, 0.1) is 26.4 Å². The molecule has 0 bridgehead atoms. The van der Waals surface area contributed by atoms with E-state index in [-0.39, 0.29) is 25.2 Å². The van der Waals surface area contributed by atoms with Gasteiger partial charge in [-0.1, -0.05) is 141 Å². The number of hydrogen-bond donors (Lipinski definition) is 0. The molecule has 0 fully saturated rings. The van der Waals surface area contributed by atoms with Gasteiger partial charge in [-0.15, -0.1) is 0 Å². The van der Waals surface area contributed by atoms with Crippen molar-refractivity contribution in [1.29, 1.82) is 0 Å². The van der Waals surface area contributed by atoms with Crippen molar-refractivity contribution in [2.24, 2.45) is 0 Å². The summed E-state index contributed by atoms with van der Waals surface area (Å²) in [7, 11) is 0. The van der Waals surface area contributed by atoms with Crippen LogP contribution < -0.4 is 0 Å². The lowest BCUT2D eigenvalue weighted by molar-refractivity contribution is -0.147. The maximum Gasteiger partial charge on any atom is 0.305 e. The van der Waals surface area contributed by atoms with Crippen LogP contribution in [0.3, 0.4) is 0 Å². The molecule has 0 saturated heterocycles. The summed E-state index contributed by atoms with van der Waals surface area (Å²) in [6.45, 7) is 6.66. The van der Waals surface area contributed by atoms with Gasteiger partial charge in [0.2, 0.25) is 0 Å². The van der Waals surface area contributed by atoms with E-state index in [1.54, 1.807) is 0 Å². The van der Waals surface area contributed by atoms with Crippen LogP contribution in [0.2, 0.25) is 0 Å². The molecule has 0 amide bonds. The van der Waals surface area contributed by atoms with E-state index in [0.717, 1.165) is 25.7 Å². The van der Waals surface area contributed by atoms with Gasteiger partial charge in [-0.05, 0) is 64.2 Å². The van der Waals surface area contributed by atoms with Crippen molar-refractivity contribution in [3.63, 3.8) is 0 Å². The molecule has 0 heterocycles. The van der Waals surface area contributed by atoms with Gasteiger partial charge < -0.3 is 18.9 Å². The van der Waals surface area contributed by atoms with Crippen molar-refractivity contribution in [2.75, 3.05) is 39.6 Å². The van der Waals surface area contributed by atoms with Crippen LogP contribution in [0.15, 0.2) is 24.3 Å². The standard InChI is InChI=1S/C42H78O6/c1-3-5-7-9-11-13-15-17-19-21-23-25-27-29-31-33-41(43)47-39-37-45-35-36-46-38-40-48-42(44)34-32-30-28-26-24-22-20-18-16-14-12-10-8-6-4-2/h17-20H,3-16,21-40H2,1-2H3/b19-17-,20-18-. The van der Waals surface area contributed by atoms with Crippen LogP contribution >= 0.6 is 0 Å². The van der Waals surface area contributed by atoms with Gasteiger partial charge in [-0.25, -0.2) is 0 Å². The molecule has 0 aromatic rings. The first-order valence-corrected chi connectivity index (χ1v) is 20.5. The van der Waals surface area contributed by atoms with Crippen LogP contribution in [0.5, 0.6) is 0 Å². The lowest BCUT2D eigenvalue weighted by Gasteiger charge is -2.08. The molecule has 0 atom stereocenters. The number of carbonyl (C=O) groups excluding carboxylic acids is 2. The molecule has 0 aromatic carbocycles. The van der Waals surface area contributed by atoms with E-state index in [1.165, 1.54) is 141 Å². The zero-order chi connectivity index (χ0) is 34.9. The minimum Gasteiger partial charge on any atom is -0.463 e. The van der Waals surface area contributed by atoms with Crippen molar-refractivity contribution in [3.05, 3.63) is 24.3 Å². The number of allylic oxidation sites excluding steroid dienone is 4. The van der Waals surface area contributed by atoms with Crippen LogP contribution in [0, 0.1) is 0 Å². The van der Waals surface area contributed by atoms with Crippen LogP contribution in [0.4, 0.5) is 0 Å². The summed E-state index contributed by atoms with van der Waals surface area (Å²) in [6, 6.07) is 0. The molecule has 48 heavy (non-hydrogen) atoms. The maximum atomic E-state index is 11.9. The SMILES string of the molecule is CCCCCCCC/C=C\CCCCCCCC(=O)OCCOCCOCCOC(=O)CCCCCCC/C=C\CCCCCCCC. The van der Waals surface area contributed by atoms with Crippen LogP contribution in [0.1, 0.15) is 194 Å². The largest absolute Gasteiger partial charge is 0.463 e. The normalized spacial score (nSPS) is 11.6. The average Bonchev–Trinajstić information content (AvgIpc) is 3.09. The molecule has 0 spiro atoms. The Morgan fingerprint density at radius 2 is 0.625 bits per heavy atom. The number of esters is 2. The fraction of sp³-hybridized carbons (Fsp3) is 0.857. The van der Waals surface area contributed by atoms with E-state index in [0.29, 0.717) is 39.3 Å². The van der Waals surface area contributed by atoms with Crippen molar-refractivity contribution in [2.45, 2.75) is 194 Å². The molecule has 0 saturated carbocycles. The minimum atomic E-state index is -0.143. The first kappa shape index (κ1) is 46.3. The maximum absolute atomic E-state index is 11.9. The van der Waals surface area contributed by atoms with E-state index in [1.807, 2.05) is 0 Å². The number of carbonyl (C=O) groups is 2. The molecule has 0 aliphatic heterocycles. The lowest BCUT2D eigenvalue weighted by atomic mass is 10.1. The Morgan fingerprint density at radius 1 is 0.354 bits per heavy atom. The lowest BCUT2D eigenvalue weighted by Crippen LogP contribution is -2.15. The molecule has 0 aromatic heterocycles. The Balaban J connectivity index is 3.29. The third kappa shape index (κ3) is 40.5. The van der Waals surface area contributed by atoms with Gasteiger partial charge in [0, 0.05) is 12.8 Å². The molecule has 0 aliphatic carbocycles. The average molecular weight is 679 g/mol. The first-order chi connectivity index (χ1) is 23.7. The van der Waals surface area contributed by atoms with Crippen LogP contribution in [-0.4, -0.2) is 51.6 Å². The molecule has 282 valence electrons. The van der Waals surface area contributed by atoms with Gasteiger partial charge >= 0.3 is 11.9 Å². The van der Waals surface area contributed by atoms with E-state index in [4.69, 9.17) is 18.9 Å². The summed E-state index contributed by atoms with van der Waals surface area (Å²) < 4.78 is 21.4. The van der Waals surface area contributed by atoms with Gasteiger partial charge in [-0.2, -0.15) is 0 Å². The number of ether oxygens (including phenoxy) is 4. The fourth-order valence-electron chi connectivity index (χ4n) is 5.58. The predicted molar refractivity (Wildman–Crippen MR) is 202 cm³/mol. The monoisotopic (exact) mass is 679 g/mol. The number of rotatable bonds is 39. The Kier molecular flexibility index (Phi) is 40.1. The van der Waals surface area contributed by atoms with Crippen molar-refractivity contribution in [1.82, 2.24) is 0 Å². The molecule has 0 unspecified atom stereocenters. The highest BCUT2D eigenvalue weighted by molar-refractivity contribution is 5.69. The van der Waals surface area contributed by atoms with Crippen molar-refractivity contribution < 1.29 is 28.5 Å². The predicted octanol–water partition coefficient (Wildman–Crippen LogP) is 12.2. The molecule has 6 heteroatoms. The minimum absolute atomic E-state index is 0.143. The molecular formula is C42H78O6. The van der Waals surface area contributed by atoms with Crippen molar-refractivity contribution in [3.8, 4) is 0 Å². The topological polar surface area (TPSA) is 71.1 Å². The van der Waals surface area contributed by atoms with E-state index < -0.39 is 0 Å². The summed E-state index contributed by atoms with van der Waals surface area (Å²) in [4.78, 5) is 23.8. The number of unbranched alkanes of at least 4 members (excludes halogenated alkanes) is 22. The fourth-order valence-corrected chi connectivity index (χ4v) is 5.58. The van der Waals surface area contributed by atoms with E-state index in [9.17, 15) is 9.59 Å². The zero-order valence-corrected chi connectivity index (χ0v) is 31.8. The summed E-state index contributed by atoms with van der Waals surface area (Å²) >= 11 is 0. The summed E-state index contributed by atoms with van der Waals surface area (Å²) in [5.41, 5.74) is 0. The Hall–Kier alpha value is -1.66. The van der Waals surface area contributed by atoms with Crippen LogP contribution in [-0.2, 0) is 28.5 Å². The summed E-state index contributed by atoms with van der Waals surface area (Å²) in [5.74, 6) is -0.285. The molecule has 0 rings (SSSR count). The Labute approximate surface area is 297 Å². The highest BCUT2D eigenvalue weighted by atomic mass is 16.6. The smallest absolute Gasteiger partial charge is 0.305 e. The van der Waals surface area contributed by atoms with Gasteiger partial charge in [0.25, 0.3) is 0 Å². The summed E-state index contributed by atoms with van der Waals surface area (Å²) in [5, 5.41) is 0. The Bertz CT molecular complexity index is 659. The molecule has 0 radical (unpaired) electrons. The third-order valence-corrected chi connectivity index (χ3v) is 8.64. The second kappa shape index (κ2) is 41.5. The molecule has 0 N–H and O–H groups in total. The van der Waals surface area contributed by atoms with E-state index >= 15 is 0 Å². The quantitative estimate of drug-likeness (QED) is 0.0366. The second-order valence-corrected chi connectivity index (χ2v) is 13.3. The van der Waals surface area contributed by atoms with E-state index in [2.05, 4.69) is 38.2 Å². The molecular weight excluding hydrogens is 600 g/mol. The highest BCUT2D eigenvalue weighted by Crippen LogP contribution is 2.12. The number of hydrogen-bond acceptors (Lipinski definition) is 6. The van der Waals surface area contributed by atoms with Gasteiger partial charge in [0.15, 0.2) is 0 Å². The Morgan fingerprint density at radius 3 is 0.958 bits per heavy atom. The molecule has 0 aliphatic rings. The zero-order valence-electron chi connectivity index (χ0n) is 31.8. The highest BCUT2D eigenvalue weighted by Gasteiger charge is 2.04.